The van der Waals surface area contributed by atoms with E-state index in [1.807, 2.05) is 24.3 Å². The van der Waals surface area contributed by atoms with Gasteiger partial charge in [0.25, 0.3) is 0 Å². The van der Waals surface area contributed by atoms with Gasteiger partial charge in [-0.05, 0) is 24.1 Å². The highest BCUT2D eigenvalue weighted by molar-refractivity contribution is 5.82. The van der Waals surface area contributed by atoms with Gasteiger partial charge in [-0.25, -0.2) is 10.2 Å². The third kappa shape index (κ3) is 4.41. The SMILES string of the molecule is CCCCc1nnc(-c2ccc(C=NNC(N)=O)cc2)o1. The lowest BCUT2D eigenvalue weighted by molar-refractivity contribution is 0.249. The molecule has 2 aromatic rings. The summed E-state index contributed by atoms with van der Waals surface area (Å²) in [5.74, 6) is 1.16. The summed E-state index contributed by atoms with van der Waals surface area (Å²) in [5.41, 5.74) is 8.69. The fraction of sp³-hybridized carbons (Fsp3) is 0.286. The summed E-state index contributed by atoms with van der Waals surface area (Å²) in [7, 11) is 0. The van der Waals surface area contributed by atoms with E-state index in [9.17, 15) is 4.79 Å². The number of aryl methyl sites for hydroxylation is 1. The van der Waals surface area contributed by atoms with E-state index in [1.54, 1.807) is 0 Å². The fourth-order valence-corrected chi connectivity index (χ4v) is 1.68. The van der Waals surface area contributed by atoms with Crippen LogP contribution in [0.4, 0.5) is 4.79 Å². The number of aromatic nitrogens is 2. The number of rotatable bonds is 6. The number of nitrogens with one attached hydrogen (secondary N) is 1. The number of hydrogen-bond donors (Lipinski definition) is 2. The monoisotopic (exact) mass is 287 g/mol. The molecule has 0 atom stereocenters. The maximum Gasteiger partial charge on any atom is 0.332 e. The second kappa shape index (κ2) is 7.18. The first kappa shape index (κ1) is 14.7. The average Bonchev–Trinajstić information content (AvgIpc) is 2.94. The van der Waals surface area contributed by atoms with Crippen molar-refractivity contribution in [2.24, 2.45) is 10.8 Å². The molecule has 0 aliphatic rings. The molecule has 7 heteroatoms. The molecule has 0 saturated heterocycles. The Labute approximate surface area is 122 Å². The molecule has 0 saturated carbocycles. The quantitative estimate of drug-likeness (QED) is 0.626. The number of carbonyl (C=O) groups is 1. The lowest BCUT2D eigenvalue weighted by Gasteiger charge is -1.97. The first-order valence-electron chi connectivity index (χ1n) is 6.70. The van der Waals surface area contributed by atoms with Crippen molar-refractivity contribution in [3.63, 3.8) is 0 Å². The zero-order valence-corrected chi connectivity index (χ0v) is 11.7. The smallest absolute Gasteiger partial charge is 0.332 e. The van der Waals surface area contributed by atoms with E-state index >= 15 is 0 Å². The molecule has 2 amide bonds. The highest BCUT2D eigenvalue weighted by atomic mass is 16.4. The van der Waals surface area contributed by atoms with Gasteiger partial charge in [-0.15, -0.1) is 10.2 Å². The number of nitrogens with two attached hydrogens (primary N) is 1. The summed E-state index contributed by atoms with van der Waals surface area (Å²) in [6.07, 6.45) is 4.41. The van der Waals surface area contributed by atoms with Crippen molar-refractivity contribution in [1.82, 2.24) is 15.6 Å². The molecule has 7 nitrogen and oxygen atoms in total. The van der Waals surface area contributed by atoms with Crippen molar-refractivity contribution in [1.29, 1.82) is 0 Å². The summed E-state index contributed by atoms with van der Waals surface area (Å²) >= 11 is 0. The van der Waals surface area contributed by atoms with Crippen molar-refractivity contribution in [2.45, 2.75) is 26.2 Å². The number of carbonyl (C=O) groups excluding carboxylic acids is 1. The average molecular weight is 287 g/mol. The van der Waals surface area contributed by atoms with Crippen LogP contribution in [0.25, 0.3) is 11.5 Å². The van der Waals surface area contributed by atoms with E-state index in [1.165, 1.54) is 6.21 Å². The molecule has 0 aliphatic heterocycles. The van der Waals surface area contributed by atoms with Gasteiger partial charge in [0.2, 0.25) is 11.8 Å². The normalized spacial score (nSPS) is 10.9. The Balaban J connectivity index is 2.03. The highest BCUT2D eigenvalue weighted by Crippen LogP contribution is 2.18. The first-order chi connectivity index (χ1) is 10.2. The number of primary amides is 1. The number of nitrogens with zero attached hydrogens (tertiary/aromatic N) is 3. The number of unbranched alkanes of at least 4 members (excludes halogenated alkanes) is 1. The van der Waals surface area contributed by atoms with Gasteiger partial charge in [-0.1, -0.05) is 25.5 Å². The Morgan fingerprint density at radius 2 is 2.14 bits per heavy atom. The van der Waals surface area contributed by atoms with Gasteiger partial charge < -0.3 is 10.2 Å². The van der Waals surface area contributed by atoms with E-state index < -0.39 is 6.03 Å². The molecule has 0 bridgehead atoms. The Hall–Kier alpha value is -2.70. The molecule has 1 heterocycles. The van der Waals surface area contributed by atoms with Crippen molar-refractivity contribution in [3.8, 4) is 11.5 Å². The predicted molar refractivity (Wildman–Crippen MR) is 78.7 cm³/mol. The summed E-state index contributed by atoms with van der Waals surface area (Å²) < 4.78 is 5.59. The zero-order chi connectivity index (χ0) is 15.1. The highest BCUT2D eigenvalue weighted by Gasteiger charge is 2.07. The summed E-state index contributed by atoms with van der Waals surface area (Å²) in [6, 6.07) is 6.66. The van der Waals surface area contributed by atoms with Crippen molar-refractivity contribution >= 4 is 12.2 Å². The number of benzene rings is 1. The van der Waals surface area contributed by atoms with E-state index in [-0.39, 0.29) is 0 Å². The molecule has 3 N–H and O–H groups in total. The van der Waals surface area contributed by atoms with E-state index in [4.69, 9.17) is 10.2 Å². The molecule has 0 radical (unpaired) electrons. The van der Waals surface area contributed by atoms with Crippen LogP contribution < -0.4 is 11.2 Å². The maximum atomic E-state index is 10.5. The lowest BCUT2D eigenvalue weighted by Crippen LogP contribution is -2.24. The molecule has 0 spiro atoms. The van der Waals surface area contributed by atoms with Crippen LogP contribution in [0.2, 0.25) is 0 Å². The molecule has 1 aromatic heterocycles. The third-order valence-electron chi connectivity index (χ3n) is 2.76. The second-order valence-corrected chi connectivity index (χ2v) is 4.46. The first-order valence-corrected chi connectivity index (χ1v) is 6.70. The van der Waals surface area contributed by atoms with Gasteiger partial charge in [-0.2, -0.15) is 5.10 Å². The largest absolute Gasteiger partial charge is 0.421 e. The molecule has 0 aliphatic carbocycles. The lowest BCUT2D eigenvalue weighted by atomic mass is 10.1. The molecule has 0 unspecified atom stereocenters. The second-order valence-electron chi connectivity index (χ2n) is 4.46. The summed E-state index contributed by atoms with van der Waals surface area (Å²) in [4.78, 5) is 10.5. The van der Waals surface area contributed by atoms with Crippen LogP contribution in [0.3, 0.4) is 0 Å². The van der Waals surface area contributed by atoms with Gasteiger partial charge >= 0.3 is 6.03 Å². The molecule has 0 fully saturated rings. The van der Waals surface area contributed by atoms with Crippen LogP contribution >= 0.6 is 0 Å². The molecule has 110 valence electrons. The molecule has 2 rings (SSSR count). The number of hydrogen-bond acceptors (Lipinski definition) is 5. The van der Waals surface area contributed by atoms with Crippen LogP contribution in [-0.2, 0) is 6.42 Å². The fourth-order valence-electron chi connectivity index (χ4n) is 1.68. The van der Waals surface area contributed by atoms with E-state index in [2.05, 4.69) is 27.6 Å². The molecule has 1 aromatic carbocycles. The molecule has 21 heavy (non-hydrogen) atoms. The van der Waals surface area contributed by atoms with Gasteiger partial charge in [-0.3, -0.25) is 0 Å². The Morgan fingerprint density at radius 1 is 1.38 bits per heavy atom. The Morgan fingerprint density at radius 3 is 2.81 bits per heavy atom. The van der Waals surface area contributed by atoms with Gasteiger partial charge in [0, 0.05) is 12.0 Å². The van der Waals surface area contributed by atoms with Crippen molar-refractivity contribution in [2.75, 3.05) is 0 Å². The Bertz CT molecular complexity index is 619. The minimum Gasteiger partial charge on any atom is -0.421 e. The van der Waals surface area contributed by atoms with Crippen LogP contribution in [0, 0.1) is 0 Å². The number of hydrazone groups is 1. The van der Waals surface area contributed by atoms with E-state index in [0.29, 0.717) is 11.8 Å². The predicted octanol–water partition coefficient (Wildman–Crippen LogP) is 2.08. The van der Waals surface area contributed by atoms with Crippen LogP contribution in [0.15, 0.2) is 33.8 Å². The van der Waals surface area contributed by atoms with Crippen LogP contribution in [0.5, 0.6) is 0 Å². The van der Waals surface area contributed by atoms with Crippen LogP contribution in [0.1, 0.15) is 31.2 Å². The number of amides is 2. The van der Waals surface area contributed by atoms with Gasteiger partial charge in [0.05, 0.1) is 6.21 Å². The maximum absolute atomic E-state index is 10.5. The summed E-state index contributed by atoms with van der Waals surface area (Å²) in [6.45, 7) is 2.12. The van der Waals surface area contributed by atoms with E-state index in [0.717, 1.165) is 30.4 Å². The molecular formula is C14H17N5O2. The van der Waals surface area contributed by atoms with Crippen LogP contribution in [-0.4, -0.2) is 22.4 Å². The zero-order valence-electron chi connectivity index (χ0n) is 11.7. The third-order valence-corrected chi connectivity index (χ3v) is 2.76. The minimum atomic E-state index is -0.701. The van der Waals surface area contributed by atoms with Gasteiger partial charge in [0.1, 0.15) is 0 Å². The summed E-state index contributed by atoms with van der Waals surface area (Å²) in [5, 5.41) is 11.7. The number of urea groups is 1. The Kier molecular flexibility index (Phi) is 5.03. The topological polar surface area (TPSA) is 106 Å². The minimum absolute atomic E-state index is 0.500. The van der Waals surface area contributed by atoms with Crippen molar-refractivity contribution < 1.29 is 9.21 Å². The standard InChI is InChI=1S/C14H17N5O2/c1-2-3-4-12-17-18-13(21-12)11-7-5-10(6-8-11)9-16-19-14(15)20/h5-9H,2-4H2,1H3,(H3,15,19,20). The molecular weight excluding hydrogens is 270 g/mol. The van der Waals surface area contributed by atoms with Gasteiger partial charge in [0.15, 0.2) is 0 Å². The van der Waals surface area contributed by atoms with Crippen molar-refractivity contribution in [3.05, 3.63) is 35.7 Å².